The van der Waals surface area contributed by atoms with E-state index in [1.54, 1.807) is 48.5 Å². The average molecular weight is 451 g/mol. The van der Waals surface area contributed by atoms with Gasteiger partial charge >= 0.3 is 5.97 Å². The van der Waals surface area contributed by atoms with Crippen molar-refractivity contribution in [2.24, 2.45) is 5.73 Å². The number of nitrogens with two attached hydrogens (primary N) is 1. The first-order chi connectivity index (χ1) is 15.9. The summed E-state index contributed by atoms with van der Waals surface area (Å²) >= 11 is 0. The van der Waals surface area contributed by atoms with Crippen molar-refractivity contribution in [3.8, 4) is 11.5 Å². The molecule has 172 valence electrons. The van der Waals surface area contributed by atoms with Crippen LogP contribution in [0.4, 0.5) is 10.1 Å². The maximum atomic E-state index is 13.4. The van der Waals surface area contributed by atoms with Crippen molar-refractivity contribution in [3.05, 3.63) is 89.2 Å². The summed E-state index contributed by atoms with van der Waals surface area (Å²) in [5, 5.41) is 20.3. The molecule has 8 heteroatoms. The molecule has 7 nitrogen and oxygen atoms in total. The molecule has 0 radical (unpaired) electrons. The fourth-order valence-electron chi connectivity index (χ4n) is 3.27. The van der Waals surface area contributed by atoms with Gasteiger partial charge in [0, 0.05) is 23.7 Å². The molecule has 0 amide bonds. The van der Waals surface area contributed by atoms with Gasteiger partial charge in [-0.25, -0.2) is 9.18 Å². The van der Waals surface area contributed by atoms with Crippen LogP contribution in [-0.2, 0) is 11.2 Å². The van der Waals surface area contributed by atoms with Crippen LogP contribution < -0.4 is 20.5 Å². The molecule has 0 bridgehead atoms. The molecule has 3 rings (SSSR count). The van der Waals surface area contributed by atoms with Gasteiger partial charge in [-0.2, -0.15) is 0 Å². The number of carbonyl (C=O) groups is 1. The lowest BCUT2D eigenvalue weighted by atomic mass is 10.1. The predicted octanol–water partition coefficient (Wildman–Crippen LogP) is 4.37. The van der Waals surface area contributed by atoms with Crippen molar-refractivity contribution in [2.45, 2.75) is 19.4 Å². The third-order valence-corrected chi connectivity index (χ3v) is 4.85. The second-order valence-electron chi connectivity index (χ2n) is 7.31. The molecule has 0 aromatic heterocycles. The highest BCUT2D eigenvalue weighted by molar-refractivity contribution is 5.95. The van der Waals surface area contributed by atoms with Gasteiger partial charge in [-0.1, -0.05) is 12.1 Å². The molecule has 33 heavy (non-hydrogen) atoms. The summed E-state index contributed by atoms with van der Waals surface area (Å²) in [6.45, 7) is 2.53. The highest BCUT2D eigenvalue weighted by atomic mass is 19.1. The summed E-state index contributed by atoms with van der Waals surface area (Å²) in [4.78, 5) is 12.1. The summed E-state index contributed by atoms with van der Waals surface area (Å²) in [5.74, 6) is -0.520. The summed E-state index contributed by atoms with van der Waals surface area (Å²) in [7, 11) is 0. The zero-order valence-corrected chi connectivity index (χ0v) is 18.2. The molecule has 3 aromatic carbocycles. The Morgan fingerprint density at radius 3 is 2.39 bits per heavy atom. The third kappa shape index (κ3) is 6.70. The Morgan fingerprint density at radius 1 is 1.09 bits per heavy atom. The number of nitrogen functional groups attached to an aromatic ring is 1. The first-order valence-electron chi connectivity index (χ1n) is 10.4. The summed E-state index contributed by atoms with van der Waals surface area (Å²) in [5.41, 5.74) is 7.82. The molecular formula is C25H26FN3O4. The molecule has 0 fully saturated rings. The van der Waals surface area contributed by atoms with E-state index >= 15 is 0 Å². The van der Waals surface area contributed by atoms with Crippen molar-refractivity contribution in [1.29, 1.82) is 5.41 Å². The normalized spacial score (nSPS) is 11.5. The van der Waals surface area contributed by atoms with E-state index in [0.717, 1.165) is 5.56 Å². The minimum Gasteiger partial charge on any atom is -0.494 e. The molecule has 0 aliphatic rings. The number of benzene rings is 3. The molecule has 0 saturated heterocycles. The molecular weight excluding hydrogens is 425 g/mol. The molecule has 0 spiro atoms. The van der Waals surface area contributed by atoms with Crippen molar-refractivity contribution >= 4 is 17.5 Å². The number of ether oxygens (including phenoxy) is 2. The van der Waals surface area contributed by atoms with E-state index in [-0.39, 0.29) is 18.3 Å². The lowest BCUT2D eigenvalue weighted by Crippen LogP contribution is -2.21. The summed E-state index contributed by atoms with van der Waals surface area (Å²) in [6, 6.07) is 16.8. The van der Waals surface area contributed by atoms with E-state index in [9.17, 15) is 14.3 Å². The minimum atomic E-state index is -1.08. The fraction of sp³-hybridized carbons (Fsp3) is 0.200. The van der Waals surface area contributed by atoms with Gasteiger partial charge in [0.05, 0.1) is 13.2 Å². The second-order valence-corrected chi connectivity index (χ2v) is 7.31. The Hall–Kier alpha value is -4.07. The van der Waals surface area contributed by atoms with Gasteiger partial charge in [0.2, 0.25) is 0 Å². The molecule has 1 atom stereocenters. The number of hydrogen-bond acceptors (Lipinski definition) is 5. The number of amidine groups is 1. The average Bonchev–Trinajstić information content (AvgIpc) is 2.78. The smallest absolute Gasteiger partial charge is 0.330 e. The number of nitrogens with one attached hydrogen (secondary N) is 2. The Kier molecular flexibility index (Phi) is 7.86. The monoisotopic (exact) mass is 451 g/mol. The third-order valence-electron chi connectivity index (χ3n) is 4.85. The van der Waals surface area contributed by atoms with E-state index in [2.05, 4.69) is 5.32 Å². The molecule has 1 unspecified atom stereocenters. The topological polar surface area (TPSA) is 118 Å². The van der Waals surface area contributed by atoms with Crippen LogP contribution in [0.1, 0.15) is 29.7 Å². The number of aliphatic carboxylic acids is 1. The highest BCUT2D eigenvalue weighted by Gasteiger charge is 2.22. The summed E-state index contributed by atoms with van der Waals surface area (Å²) in [6.07, 6.45) is 0.495. The van der Waals surface area contributed by atoms with Crippen molar-refractivity contribution in [2.75, 3.05) is 18.5 Å². The minimum absolute atomic E-state index is 0.0687. The van der Waals surface area contributed by atoms with E-state index in [4.69, 9.17) is 20.6 Å². The molecule has 0 aliphatic heterocycles. The summed E-state index contributed by atoms with van der Waals surface area (Å²) < 4.78 is 24.8. The lowest BCUT2D eigenvalue weighted by molar-refractivity contribution is -0.138. The van der Waals surface area contributed by atoms with Crippen molar-refractivity contribution < 1.29 is 23.8 Å². The first-order valence-corrected chi connectivity index (χ1v) is 10.4. The van der Waals surface area contributed by atoms with Crippen LogP contribution in [0.3, 0.4) is 0 Å². The van der Waals surface area contributed by atoms with Crippen LogP contribution in [0.15, 0.2) is 66.7 Å². The van der Waals surface area contributed by atoms with Crippen LogP contribution in [0.5, 0.6) is 11.5 Å². The van der Waals surface area contributed by atoms with Gasteiger partial charge < -0.3 is 25.6 Å². The first kappa shape index (κ1) is 23.6. The van der Waals surface area contributed by atoms with E-state index < -0.39 is 12.0 Å². The number of carboxylic acid groups (broad SMARTS) is 1. The molecule has 0 aliphatic carbocycles. The Balaban J connectivity index is 1.79. The van der Waals surface area contributed by atoms with E-state index in [1.807, 2.05) is 13.0 Å². The van der Waals surface area contributed by atoms with Crippen LogP contribution >= 0.6 is 0 Å². The molecule has 0 saturated carbocycles. The standard InChI is InChI=1S/C25H26FN3O4/c1-2-32-21-13-18(14-22(15-21)33-11-10-16-4-3-5-19(26)12-16)23(25(30)31)29-20-8-6-17(7-9-20)24(27)28/h3-9,12-15,23,29H,2,10-11H2,1H3,(H3,27,28)(H,30,31). The Bertz CT molecular complexity index is 1120. The van der Waals surface area contributed by atoms with Crippen molar-refractivity contribution in [1.82, 2.24) is 0 Å². The molecule has 5 N–H and O–H groups in total. The SMILES string of the molecule is CCOc1cc(OCCc2cccc(F)c2)cc(C(Nc2ccc(C(=N)N)cc2)C(=O)O)c1. The number of rotatable bonds is 11. The number of halogens is 1. The zero-order chi connectivity index (χ0) is 23.8. The molecule has 3 aromatic rings. The van der Waals surface area contributed by atoms with Gasteiger partial charge in [-0.15, -0.1) is 0 Å². The van der Waals surface area contributed by atoms with Gasteiger partial charge in [0.1, 0.15) is 23.2 Å². The van der Waals surface area contributed by atoms with Crippen molar-refractivity contribution in [3.63, 3.8) is 0 Å². The number of anilines is 1. The zero-order valence-electron chi connectivity index (χ0n) is 18.2. The highest BCUT2D eigenvalue weighted by Crippen LogP contribution is 2.29. The maximum Gasteiger partial charge on any atom is 0.330 e. The predicted molar refractivity (Wildman–Crippen MR) is 125 cm³/mol. The van der Waals surface area contributed by atoms with Crippen LogP contribution in [0.2, 0.25) is 0 Å². The van der Waals surface area contributed by atoms with Crippen LogP contribution in [0.25, 0.3) is 0 Å². The quantitative estimate of drug-likeness (QED) is 0.254. The van der Waals surface area contributed by atoms with Crippen LogP contribution in [-0.4, -0.2) is 30.1 Å². The second kappa shape index (κ2) is 11.0. The lowest BCUT2D eigenvalue weighted by Gasteiger charge is -2.19. The Labute approximate surface area is 191 Å². The van der Waals surface area contributed by atoms with Crippen LogP contribution in [0, 0.1) is 11.2 Å². The number of hydrogen-bond donors (Lipinski definition) is 4. The van der Waals surface area contributed by atoms with E-state index in [0.29, 0.717) is 41.3 Å². The van der Waals surface area contributed by atoms with Gasteiger partial charge in [0.15, 0.2) is 6.04 Å². The number of carboxylic acids is 1. The van der Waals surface area contributed by atoms with E-state index in [1.165, 1.54) is 12.1 Å². The van der Waals surface area contributed by atoms with Gasteiger partial charge in [-0.3, -0.25) is 5.41 Å². The Morgan fingerprint density at radius 2 is 1.79 bits per heavy atom. The maximum absolute atomic E-state index is 13.4. The largest absolute Gasteiger partial charge is 0.494 e. The van der Waals surface area contributed by atoms with Gasteiger partial charge in [-0.05, 0) is 66.6 Å². The fourth-order valence-corrected chi connectivity index (χ4v) is 3.27. The molecule has 0 heterocycles. The van der Waals surface area contributed by atoms with Gasteiger partial charge in [0.25, 0.3) is 0 Å².